The summed E-state index contributed by atoms with van der Waals surface area (Å²) in [5.74, 6) is 0.433. The van der Waals surface area contributed by atoms with Gasteiger partial charge in [0.05, 0.1) is 10.9 Å². The van der Waals surface area contributed by atoms with Crippen molar-refractivity contribution >= 4 is 21.7 Å². The van der Waals surface area contributed by atoms with Gasteiger partial charge >= 0.3 is 6.18 Å². The molecule has 1 atom stereocenters. The van der Waals surface area contributed by atoms with Crippen LogP contribution in [0, 0.1) is 6.92 Å². The second-order valence-electron chi connectivity index (χ2n) is 3.71. The van der Waals surface area contributed by atoms with E-state index in [-0.39, 0.29) is 0 Å². The maximum absolute atomic E-state index is 12.1. The third-order valence-corrected chi connectivity index (χ3v) is 2.50. The smallest absolute Gasteiger partial charge is 0.366 e. The van der Waals surface area contributed by atoms with Gasteiger partial charge in [0, 0.05) is 12.2 Å². The number of aromatic nitrogens is 1. The van der Waals surface area contributed by atoms with Crippen LogP contribution < -0.4 is 5.32 Å². The first-order valence-electron chi connectivity index (χ1n) is 4.73. The predicted molar refractivity (Wildman–Crippen MR) is 60.4 cm³/mol. The number of rotatable bonds is 3. The van der Waals surface area contributed by atoms with Crippen molar-refractivity contribution < 1.29 is 13.2 Å². The van der Waals surface area contributed by atoms with E-state index in [9.17, 15) is 13.2 Å². The molecule has 6 heteroatoms. The van der Waals surface area contributed by atoms with Crippen LogP contribution >= 0.6 is 15.9 Å². The summed E-state index contributed by atoms with van der Waals surface area (Å²) in [5, 5.41) is 2.72. The van der Waals surface area contributed by atoms with E-state index >= 15 is 0 Å². The number of nitrogens with one attached hydrogen (secondary N) is 1. The molecule has 1 N–H and O–H groups in total. The Kier molecular flexibility index (Phi) is 4.18. The largest absolute Gasteiger partial charge is 0.391 e. The quantitative estimate of drug-likeness (QED) is 0.915. The second-order valence-corrected chi connectivity index (χ2v) is 4.56. The molecule has 0 radical (unpaired) electrons. The third kappa shape index (κ3) is 4.38. The number of hydrogen-bond acceptors (Lipinski definition) is 2. The van der Waals surface area contributed by atoms with E-state index in [4.69, 9.17) is 0 Å². The van der Waals surface area contributed by atoms with E-state index in [2.05, 4.69) is 26.2 Å². The highest BCUT2D eigenvalue weighted by molar-refractivity contribution is 9.10. The normalized spacial score (nSPS) is 13.6. The lowest BCUT2D eigenvalue weighted by molar-refractivity contribution is -0.136. The van der Waals surface area contributed by atoms with Gasteiger partial charge in [0.25, 0.3) is 0 Å². The Balaban J connectivity index is 2.66. The van der Waals surface area contributed by atoms with Crippen molar-refractivity contribution in [3.8, 4) is 0 Å². The Hall–Kier alpha value is -0.780. The number of nitrogens with zero attached hydrogens (tertiary/aromatic N) is 1. The van der Waals surface area contributed by atoms with Crippen molar-refractivity contribution in [3.63, 3.8) is 0 Å². The fourth-order valence-electron chi connectivity index (χ4n) is 1.27. The molecule has 0 saturated carbocycles. The summed E-state index contributed by atoms with van der Waals surface area (Å²) in [6.45, 7) is 3.34. The zero-order valence-corrected chi connectivity index (χ0v) is 10.5. The number of aryl methyl sites for hydroxylation is 1. The van der Waals surface area contributed by atoms with Crippen molar-refractivity contribution in [3.05, 3.63) is 22.3 Å². The van der Waals surface area contributed by atoms with Crippen LogP contribution in [0.1, 0.15) is 18.9 Å². The van der Waals surface area contributed by atoms with Crippen molar-refractivity contribution in [1.82, 2.24) is 4.98 Å². The lowest BCUT2D eigenvalue weighted by atomic mass is 10.2. The van der Waals surface area contributed by atoms with E-state index in [1.54, 1.807) is 12.3 Å². The third-order valence-electron chi connectivity index (χ3n) is 1.90. The maximum Gasteiger partial charge on any atom is 0.391 e. The Bertz CT molecular complexity index is 366. The van der Waals surface area contributed by atoms with Crippen molar-refractivity contribution in [2.24, 2.45) is 0 Å². The first-order valence-corrected chi connectivity index (χ1v) is 5.52. The molecule has 0 aliphatic carbocycles. The topological polar surface area (TPSA) is 24.9 Å². The van der Waals surface area contributed by atoms with Crippen molar-refractivity contribution in [2.45, 2.75) is 32.5 Å². The first kappa shape index (κ1) is 13.3. The van der Waals surface area contributed by atoms with Gasteiger partial charge in [0.1, 0.15) is 5.82 Å². The standard InChI is InChI=1S/C10H12BrF3N2/c1-6-3-8(11)9(15-5-6)16-7(2)4-10(12,13)14/h3,5,7H,4H2,1-2H3,(H,15,16). The van der Waals surface area contributed by atoms with E-state index in [1.807, 2.05) is 6.92 Å². The van der Waals surface area contributed by atoms with Gasteiger partial charge in [0.15, 0.2) is 0 Å². The molecule has 1 heterocycles. The first-order chi connectivity index (χ1) is 7.28. The van der Waals surface area contributed by atoms with Crippen LogP contribution in [-0.4, -0.2) is 17.2 Å². The van der Waals surface area contributed by atoms with Crippen molar-refractivity contribution in [2.75, 3.05) is 5.32 Å². The highest BCUT2D eigenvalue weighted by Crippen LogP contribution is 2.25. The SMILES string of the molecule is Cc1cnc(NC(C)CC(F)(F)F)c(Br)c1. The molecule has 2 nitrogen and oxygen atoms in total. The minimum absolute atomic E-state index is 0.433. The molecule has 16 heavy (non-hydrogen) atoms. The van der Waals surface area contributed by atoms with Crippen molar-refractivity contribution in [1.29, 1.82) is 0 Å². The van der Waals surface area contributed by atoms with Gasteiger partial charge in [-0.2, -0.15) is 13.2 Å². The molecule has 1 aromatic heterocycles. The van der Waals surface area contributed by atoms with Gasteiger partial charge in [-0.25, -0.2) is 4.98 Å². The fourth-order valence-corrected chi connectivity index (χ4v) is 1.85. The van der Waals surface area contributed by atoms with Gasteiger partial charge in [-0.15, -0.1) is 0 Å². The summed E-state index contributed by atoms with van der Waals surface area (Å²) in [6, 6.07) is 1.10. The molecule has 0 fully saturated rings. The van der Waals surface area contributed by atoms with E-state index < -0.39 is 18.6 Å². The number of pyridine rings is 1. The van der Waals surface area contributed by atoms with Crippen LogP contribution in [0.25, 0.3) is 0 Å². The molecule has 1 unspecified atom stereocenters. The Morgan fingerprint density at radius 2 is 2.12 bits per heavy atom. The summed E-state index contributed by atoms with van der Waals surface area (Å²) in [7, 11) is 0. The minimum atomic E-state index is -4.16. The Labute approximate surface area is 100 Å². The zero-order chi connectivity index (χ0) is 12.3. The predicted octanol–water partition coefficient (Wildman–Crippen LogP) is 3.91. The average Bonchev–Trinajstić information content (AvgIpc) is 2.06. The summed E-state index contributed by atoms with van der Waals surface area (Å²) in [5.41, 5.74) is 0.945. The summed E-state index contributed by atoms with van der Waals surface area (Å²) < 4.78 is 37.0. The second kappa shape index (κ2) is 5.03. The van der Waals surface area contributed by atoms with E-state index in [0.717, 1.165) is 5.56 Å². The summed E-state index contributed by atoms with van der Waals surface area (Å²) in [6.07, 6.45) is -3.44. The molecule has 0 spiro atoms. The van der Waals surface area contributed by atoms with Crippen LogP contribution in [0.15, 0.2) is 16.7 Å². The molecular formula is C10H12BrF3N2. The summed E-state index contributed by atoms with van der Waals surface area (Å²) in [4.78, 5) is 4.02. The number of alkyl halides is 3. The Morgan fingerprint density at radius 3 is 2.62 bits per heavy atom. The van der Waals surface area contributed by atoms with Crippen LogP contribution in [0.5, 0.6) is 0 Å². The monoisotopic (exact) mass is 296 g/mol. The van der Waals surface area contributed by atoms with Crippen LogP contribution in [0.4, 0.5) is 19.0 Å². The van der Waals surface area contributed by atoms with Gasteiger partial charge < -0.3 is 5.32 Å². The average molecular weight is 297 g/mol. The zero-order valence-electron chi connectivity index (χ0n) is 8.90. The molecule has 0 bridgehead atoms. The highest BCUT2D eigenvalue weighted by atomic mass is 79.9. The van der Waals surface area contributed by atoms with Crippen LogP contribution in [-0.2, 0) is 0 Å². The Morgan fingerprint density at radius 1 is 1.50 bits per heavy atom. The molecule has 0 aliphatic rings. The molecule has 0 aromatic carbocycles. The molecule has 1 aromatic rings. The van der Waals surface area contributed by atoms with Gasteiger partial charge in [-0.05, 0) is 41.4 Å². The molecular weight excluding hydrogens is 285 g/mol. The fraction of sp³-hybridized carbons (Fsp3) is 0.500. The maximum atomic E-state index is 12.1. The van der Waals surface area contributed by atoms with Gasteiger partial charge in [-0.3, -0.25) is 0 Å². The van der Waals surface area contributed by atoms with Crippen LogP contribution in [0.3, 0.4) is 0 Å². The molecule has 90 valence electrons. The lowest BCUT2D eigenvalue weighted by Gasteiger charge is -2.17. The van der Waals surface area contributed by atoms with Gasteiger partial charge in [0.2, 0.25) is 0 Å². The highest BCUT2D eigenvalue weighted by Gasteiger charge is 2.30. The van der Waals surface area contributed by atoms with E-state index in [0.29, 0.717) is 10.3 Å². The van der Waals surface area contributed by atoms with Crippen LogP contribution in [0.2, 0.25) is 0 Å². The molecule has 1 rings (SSSR count). The molecule has 0 saturated heterocycles. The minimum Gasteiger partial charge on any atom is -0.366 e. The molecule has 0 amide bonds. The van der Waals surface area contributed by atoms with E-state index in [1.165, 1.54) is 6.92 Å². The number of halogens is 4. The number of hydrogen-bond donors (Lipinski definition) is 1. The lowest BCUT2D eigenvalue weighted by Crippen LogP contribution is -2.24. The summed E-state index contributed by atoms with van der Waals surface area (Å²) >= 11 is 3.25. The molecule has 0 aliphatic heterocycles. The van der Waals surface area contributed by atoms with Gasteiger partial charge in [-0.1, -0.05) is 0 Å². The number of anilines is 1.